The number of ether oxygens (including phenoxy) is 1. The summed E-state index contributed by atoms with van der Waals surface area (Å²) in [6, 6.07) is 3.81. The molecule has 0 aliphatic carbocycles. The molecule has 1 aromatic rings. The Bertz CT molecular complexity index is 866. The normalized spacial score (nSPS) is 13.6. The van der Waals surface area contributed by atoms with E-state index in [4.69, 9.17) is 9.16 Å². The van der Waals surface area contributed by atoms with Gasteiger partial charge >= 0.3 is 5.97 Å². The van der Waals surface area contributed by atoms with Crippen LogP contribution in [0.15, 0.2) is 29.2 Å². The van der Waals surface area contributed by atoms with Crippen LogP contribution < -0.4 is 4.72 Å². The molecule has 182 valence electrons. The fourth-order valence-electron chi connectivity index (χ4n) is 4.49. The van der Waals surface area contributed by atoms with Crippen molar-refractivity contribution in [1.29, 1.82) is 0 Å². The average molecular weight is 489 g/mol. The molecule has 1 rings (SSSR count). The molecule has 1 aromatic carbocycles. The number of para-hydroxylation sites is 1. The molecule has 0 saturated carbocycles. The molecule has 0 aliphatic heterocycles. The summed E-state index contributed by atoms with van der Waals surface area (Å²) >= 11 is 0. The predicted molar refractivity (Wildman–Crippen MR) is 125 cm³/mol. The minimum absolute atomic E-state index is 0.144. The van der Waals surface area contributed by atoms with E-state index in [1.54, 1.807) is 0 Å². The van der Waals surface area contributed by atoms with Gasteiger partial charge < -0.3 is 9.16 Å². The molecule has 0 saturated heterocycles. The van der Waals surface area contributed by atoms with Crippen molar-refractivity contribution in [3.05, 3.63) is 34.4 Å². The lowest BCUT2D eigenvalue weighted by atomic mass is 10.2. The second-order valence-electron chi connectivity index (χ2n) is 8.73. The van der Waals surface area contributed by atoms with Crippen molar-refractivity contribution in [2.75, 3.05) is 13.7 Å². The largest absolute Gasteiger partial charge is 0.468 e. The van der Waals surface area contributed by atoms with Gasteiger partial charge in [-0.2, -0.15) is 4.72 Å². The van der Waals surface area contributed by atoms with E-state index in [9.17, 15) is 23.3 Å². The van der Waals surface area contributed by atoms with Crippen molar-refractivity contribution in [3.63, 3.8) is 0 Å². The van der Waals surface area contributed by atoms with Crippen molar-refractivity contribution in [2.24, 2.45) is 0 Å². The van der Waals surface area contributed by atoms with Crippen LogP contribution in [-0.4, -0.2) is 47.4 Å². The SMILES string of the molecule is COC(=O)[C@H](CCCO[Si](C(C)C)(C(C)C)C(C)C)NS(=O)(=O)c1ccccc1[N+](=O)[O-]. The highest BCUT2D eigenvalue weighted by Crippen LogP contribution is 2.42. The first-order chi connectivity index (χ1) is 14.8. The highest BCUT2D eigenvalue weighted by Gasteiger charge is 2.44. The van der Waals surface area contributed by atoms with E-state index in [-0.39, 0.29) is 6.42 Å². The summed E-state index contributed by atoms with van der Waals surface area (Å²) in [6.45, 7) is 13.4. The zero-order valence-corrected chi connectivity index (χ0v) is 21.8. The van der Waals surface area contributed by atoms with E-state index in [2.05, 4.69) is 46.3 Å². The summed E-state index contributed by atoms with van der Waals surface area (Å²) in [5.74, 6) is -0.757. The monoisotopic (exact) mass is 488 g/mol. The van der Waals surface area contributed by atoms with Gasteiger partial charge in [-0.15, -0.1) is 0 Å². The van der Waals surface area contributed by atoms with Crippen LogP contribution in [0.4, 0.5) is 5.69 Å². The quantitative estimate of drug-likeness (QED) is 0.143. The predicted octanol–water partition coefficient (Wildman–Crippen LogP) is 4.39. The molecule has 0 bridgehead atoms. The Kier molecular flexibility index (Phi) is 10.5. The molecule has 0 spiro atoms. The third kappa shape index (κ3) is 6.59. The van der Waals surface area contributed by atoms with E-state index in [1.807, 2.05) is 0 Å². The number of methoxy groups -OCH3 is 1. The van der Waals surface area contributed by atoms with Gasteiger partial charge in [-0.1, -0.05) is 53.7 Å². The van der Waals surface area contributed by atoms with Crippen molar-refractivity contribution in [3.8, 4) is 0 Å². The fraction of sp³-hybridized carbons (Fsp3) is 0.667. The summed E-state index contributed by atoms with van der Waals surface area (Å²) in [5.41, 5.74) is 0.636. The van der Waals surface area contributed by atoms with Crippen LogP contribution in [0.25, 0.3) is 0 Å². The van der Waals surface area contributed by atoms with Crippen LogP contribution in [0.3, 0.4) is 0 Å². The molecule has 0 aromatic heterocycles. The number of carbonyl (C=O) groups is 1. The molecule has 0 radical (unpaired) electrons. The molecular formula is C21H36N2O7SSi. The van der Waals surface area contributed by atoms with E-state index in [0.29, 0.717) is 29.7 Å². The van der Waals surface area contributed by atoms with Gasteiger partial charge in [0.25, 0.3) is 5.69 Å². The van der Waals surface area contributed by atoms with Crippen molar-refractivity contribution in [1.82, 2.24) is 4.72 Å². The summed E-state index contributed by atoms with van der Waals surface area (Å²) < 4.78 is 39.1. The van der Waals surface area contributed by atoms with Crippen molar-refractivity contribution in [2.45, 2.75) is 81.9 Å². The Balaban J connectivity index is 2.98. The first-order valence-corrected chi connectivity index (χ1v) is 14.4. The molecule has 0 fully saturated rings. The molecule has 32 heavy (non-hydrogen) atoms. The van der Waals surface area contributed by atoms with E-state index in [0.717, 1.165) is 12.1 Å². The molecule has 0 aliphatic rings. The van der Waals surface area contributed by atoms with Gasteiger partial charge in [-0.25, -0.2) is 8.42 Å². The van der Waals surface area contributed by atoms with E-state index in [1.165, 1.54) is 19.2 Å². The number of nitrogens with zero attached hydrogens (tertiary/aromatic N) is 1. The topological polar surface area (TPSA) is 125 Å². The maximum atomic E-state index is 12.8. The number of nitro benzene ring substituents is 1. The Morgan fingerprint density at radius 2 is 1.62 bits per heavy atom. The van der Waals surface area contributed by atoms with Gasteiger partial charge in [0, 0.05) is 12.7 Å². The number of benzene rings is 1. The summed E-state index contributed by atoms with van der Waals surface area (Å²) in [4.78, 5) is 22.2. The third-order valence-electron chi connectivity index (χ3n) is 5.83. The molecule has 1 atom stereocenters. The van der Waals surface area contributed by atoms with Crippen LogP contribution in [-0.2, 0) is 24.0 Å². The molecular weight excluding hydrogens is 452 g/mol. The number of esters is 1. The number of carbonyl (C=O) groups excluding carboxylic acids is 1. The van der Waals surface area contributed by atoms with E-state index >= 15 is 0 Å². The maximum absolute atomic E-state index is 12.8. The Morgan fingerprint density at radius 1 is 1.09 bits per heavy atom. The number of nitro groups is 1. The molecule has 0 amide bonds. The van der Waals surface area contributed by atoms with Gasteiger partial charge in [-0.3, -0.25) is 14.9 Å². The van der Waals surface area contributed by atoms with Gasteiger partial charge in [0.2, 0.25) is 10.0 Å². The molecule has 0 unspecified atom stereocenters. The first kappa shape index (κ1) is 28.2. The minimum Gasteiger partial charge on any atom is -0.468 e. The summed E-state index contributed by atoms with van der Waals surface area (Å²) in [7, 11) is -5.24. The second kappa shape index (κ2) is 11.9. The van der Waals surface area contributed by atoms with Crippen LogP contribution in [0.2, 0.25) is 16.6 Å². The Hall–Kier alpha value is -1.82. The van der Waals surface area contributed by atoms with Crippen molar-refractivity contribution < 1.29 is 27.3 Å². The zero-order chi connectivity index (χ0) is 24.7. The average Bonchev–Trinajstić information content (AvgIpc) is 2.71. The fourth-order valence-corrected chi connectivity index (χ4v) is 11.4. The lowest BCUT2D eigenvalue weighted by molar-refractivity contribution is -0.387. The number of hydrogen-bond acceptors (Lipinski definition) is 7. The zero-order valence-electron chi connectivity index (χ0n) is 20.0. The maximum Gasteiger partial charge on any atom is 0.323 e. The number of nitrogens with one attached hydrogen (secondary N) is 1. The van der Waals surface area contributed by atoms with Gasteiger partial charge in [0.1, 0.15) is 6.04 Å². The van der Waals surface area contributed by atoms with E-state index < -0.39 is 45.9 Å². The van der Waals surface area contributed by atoms with Gasteiger partial charge in [0.15, 0.2) is 13.2 Å². The van der Waals surface area contributed by atoms with Crippen LogP contribution >= 0.6 is 0 Å². The lowest BCUT2D eigenvalue weighted by Crippen LogP contribution is -2.48. The molecule has 0 heterocycles. The summed E-state index contributed by atoms with van der Waals surface area (Å²) in [5, 5.41) is 11.2. The minimum atomic E-state index is -4.32. The van der Waals surface area contributed by atoms with Gasteiger partial charge in [0.05, 0.1) is 12.0 Å². The standard InChI is InChI=1S/C21H36N2O7SSi/c1-15(2)32(16(3)4,17(5)6)30-14-10-11-18(21(24)29-7)22-31(27,28)20-13-9-8-12-19(20)23(25)26/h8-9,12-13,15-18,22H,10-11,14H2,1-7H3/t18-/m0/s1. The third-order valence-corrected chi connectivity index (χ3v) is 13.5. The second-order valence-corrected chi connectivity index (χ2v) is 15.9. The van der Waals surface area contributed by atoms with Crippen LogP contribution in [0, 0.1) is 10.1 Å². The first-order valence-electron chi connectivity index (χ1n) is 10.8. The smallest absolute Gasteiger partial charge is 0.323 e. The Morgan fingerprint density at radius 3 is 2.09 bits per heavy atom. The highest BCUT2D eigenvalue weighted by molar-refractivity contribution is 7.89. The van der Waals surface area contributed by atoms with Crippen LogP contribution in [0.5, 0.6) is 0 Å². The molecule has 1 N–H and O–H groups in total. The number of sulfonamides is 1. The lowest BCUT2D eigenvalue weighted by Gasteiger charge is -2.42. The number of rotatable bonds is 13. The van der Waals surface area contributed by atoms with Crippen LogP contribution in [0.1, 0.15) is 54.4 Å². The highest BCUT2D eigenvalue weighted by atomic mass is 32.2. The van der Waals surface area contributed by atoms with Crippen molar-refractivity contribution >= 4 is 30.0 Å². The molecule has 9 nitrogen and oxygen atoms in total. The molecule has 11 heteroatoms. The van der Waals surface area contributed by atoms with Gasteiger partial charge in [-0.05, 0) is 35.5 Å². The Labute approximate surface area is 192 Å². The summed E-state index contributed by atoms with van der Waals surface area (Å²) in [6.07, 6.45) is 0.575. The number of hydrogen-bond donors (Lipinski definition) is 1.